The van der Waals surface area contributed by atoms with Gasteiger partial charge in [0.1, 0.15) is 11.2 Å². The first-order valence-electron chi connectivity index (χ1n) is 15.7. The lowest BCUT2D eigenvalue weighted by atomic mass is 10.0. The first kappa shape index (κ1) is 26.4. The van der Waals surface area contributed by atoms with Crippen molar-refractivity contribution in [2.75, 3.05) is 4.90 Å². The zero-order valence-electron chi connectivity index (χ0n) is 25.4. The third kappa shape index (κ3) is 4.28. The lowest BCUT2D eigenvalue weighted by Gasteiger charge is -2.26. The van der Waals surface area contributed by atoms with Crippen molar-refractivity contribution < 1.29 is 4.42 Å². The fourth-order valence-corrected chi connectivity index (χ4v) is 6.80. The lowest BCUT2D eigenvalue weighted by Crippen LogP contribution is -2.10. The Balaban J connectivity index is 1.25. The van der Waals surface area contributed by atoms with Crippen LogP contribution >= 0.6 is 0 Å². The minimum atomic E-state index is 0.899. The van der Waals surface area contributed by atoms with Crippen molar-refractivity contribution in [1.82, 2.24) is 4.57 Å². The molecule has 0 fully saturated rings. The summed E-state index contributed by atoms with van der Waals surface area (Å²) in [6.07, 6.45) is 0. The summed E-state index contributed by atoms with van der Waals surface area (Å²) in [7, 11) is 0. The molecule has 2 aromatic heterocycles. The minimum absolute atomic E-state index is 0.899. The molecule has 9 aromatic rings. The number of aromatic nitrogens is 1. The molecule has 0 unspecified atom stereocenters. The van der Waals surface area contributed by atoms with Crippen LogP contribution in [0.4, 0.5) is 17.1 Å². The molecule has 3 heteroatoms. The summed E-state index contributed by atoms with van der Waals surface area (Å²) in [5.74, 6) is 0. The number of hydrogen-bond donors (Lipinski definition) is 0. The monoisotopic (exact) mass is 590 g/mol. The lowest BCUT2D eigenvalue weighted by molar-refractivity contribution is 0.669. The highest BCUT2D eigenvalue weighted by molar-refractivity contribution is 6.11. The van der Waals surface area contributed by atoms with Gasteiger partial charge in [0.2, 0.25) is 0 Å². The minimum Gasteiger partial charge on any atom is -0.456 e. The Morgan fingerprint density at radius 1 is 0.435 bits per heavy atom. The van der Waals surface area contributed by atoms with E-state index in [1.165, 1.54) is 33.0 Å². The van der Waals surface area contributed by atoms with Gasteiger partial charge in [0.15, 0.2) is 0 Å². The molecule has 0 atom stereocenters. The number of anilines is 3. The molecule has 0 saturated heterocycles. The normalized spacial score (nSPS) is 11.6. The average Bonchev–Trinajstić information content (AvgIpc) is 3.65. The number of fused-ring (bicyclic) bond motifs is 6. The van der Waals surface area contributed by atoms with Crippen LogP contribution in [-0.2, 0) is 0 Å². The summed E-state index contributed by atoms with van der Waals surface area (Å²) in [5.41, 5.74) is 12.2. The topological polar surface area (TPSA) is 21.3 Å². The highest BCUT2D eigenvalue weighted by Gasteiger charge is 2.18. The summed E-state index contributed by atoms with van der Waals surface area (Å²) in [4.78, 5) is 2.35. The summed E-state index contributed by atoms with van der Waals surface area (Å²) in [5, 5.41) is 4.70. The van der Waals surface area contributed by atoms with Crippen LogP contribution in [0.3, 0.4) is 0 Å². The van der Waals surface area contributed by atoms with Crippen LogP contribution in [0.15, 0.2) is 168 Å². The highest BCUT2D eigenvalue weighted by Crippen LogP contribution is 2.41. The summed E-state index contributed by atoms with van der Waals surface area (Å²) < 4.78 is 8.57. The van der Waals surface area contributed by atoms with Crippen molar-refractivity contribution in [3.63, 3.8) is 0 Å². The van der Waals surface area contributed by atoms with E-state index in [1.54, 1.807) is 0 Å². The van der Waals surface area contributed by atoms with E-state index in [-0.39, 0.29) is 0 Å². The van der Waals surface area contributed by atoms with E-state index in [2.05, 4.69) is 168 Å². The summed E-state index contributed by atoms with van der Waals surface area (Å²) >= 11 is 0. The number of rotatable bonds is 5. The fourth-order valence-electron chi connectivity index (χ4n) is 6.80. The van der Waals surface area contributed by atoms with Gasteiger partial charge >= 0.3 is 0 Å². The quantitative estimate of drug-likeness (QED) is 0.199. The summed E-state index contributed by atoms with van der Waals surface area (Å²) in [6.45, 7) is 2.13. The van der Waals surface area contributed by atoms with Crippen LogP contribution in [0.1, 0.15) is 5.56 Å². The van der Waals surface area contributed by atoms with Crippen LogP contribution in [0, 0.1) is 6.92 Å². The zero-order valence-corrected chi connectivity index (χ0v) is 25.4. The third-order valence-electron chi connectivity index (χ3n) is 9.06. The van der Waals surface area contributed by atoms with E-state index in [0.717, 1.165) is 50.2 Å². The molecule has 2 heterocycles. The second kappa shape index (κ2) is 10.5. The van der Waals surface area contributed by atoms with Crippen LogP contribution < -0.4 is 4.90 Å². The maximum atomic E-state index is 6.18. The molecule has 0 aliphatic heterocycles. The number of para-hydroxylation sites is 2. The van der Waals surface area contributed by atoms with Crippen molar-refractivity contribution in [2.24, 2.45) is 0 Å². The highest BCUT2D eigenvalue weighted by atomic mass is 16.3. The SMILES string of the molecule is Cc1ccc(N(c2ccc(-c3ccccc3)cc2)c2ccc3c4ccccc4n(-c4ccc5oc6ccccc6c5c4)c3c2)cc1. The summed E-state index contributed by atoms with van der Waals surface area (Å²) in [6, 6.07) is 58.5. The van der Waals surface area contributed by atoms with E-state index >= 15 is 0 Å². The Hall–Kier alpha value is -6.06. The van der Waals surface area contributed by atoms with Gasteiger partial charge in [0.05, 0.1) is 11.0 Å². The Morgan fingerprint density at radius 2 is 1.04 bits per heavy atom. The van der Waals surface area contributed by atoms with E-state index in [4.69, 9.17) is 4.42 Å². The Bertz CT molecular complexity index is 2520. The molecule has 46 heavy (non-hydrogen) atoms. The number of furan rings is 1. The van der Waals surface area contributed by atoms with Gasteiger partial charge in [-0.1, -0.05) is 103 Å². The number of aryl methyl sites for hydroxylation is 1. The van der Waals surface area contributed by atoms with Crippen molar-refractivity contribution in [3.8, 4) is 16.8 Å². The van der Waals surface area contributed by atoms with Gasteiger partial charge in [-0.15, -0.1) is 0 Å². The van der Waals surface area contributed by atoms with E-state index in [1.807, 2.05) is 12.1 Å². The van der Waals surface area contributed by atoms with E-state index in [0.29, 0.717) is 0 Å². The number of nitrogens with zero attached hydrogens (tertiary/aromatic N) is 2. The van der Waals surface area contributed by atoms with Gasteiger partial charge < -0.3 is 13.9 Å². The van der Waals surface area contributed by atoms with Crippen molar-refractivity contribution in [1.29, 1.82) is 0 Å². The molecule has 0 N–H and O–H groups in total. The van der Waals surface area contributed by atoms with Crippen LogP contribution in [0.25, 0.3) is 60.6 Å². The molecule has 7 aromatic carbocycles. The second-order valence-electron chi connectivity index (χ2n) is 11.9. The zero-order chi connectivity index (χ0) is 30.6. The fraction of sp³-hybridized carbons (Fsp3) is 0.0233. The van der Waals surface area contributed by atoms with Gasteiger partial charge in [-0.2, -0.15) is 0 Å². The molecular formula is C43H30N2O. The number of hydrogen-bond acceptors (Lipinski definition) is 2. The van der Waals surface area contributed by atoms with Crippen LogP contribution in [0.2, 0.25) is 0 Å². The number of benzene rings is 7. The molecular weight excluding hydrogens is 560 g/mol. The standard InChI is InChI=1S/C43H30N2O/c1-29-15-19-32(20-16-29)44(33-21-17-31(18-22-33)30-9-3-2-4-10-30)35-23-25-37-36-11-5-7-13-40(36)45(41(37)28-35)34-24-26-43-39(27-34)38-12-6-8-14-42(38)46-43/h2-28H,1H3. The Labute approximate surface area is 267 Å². The molecule has 0 saturated carbocycles. The molecule has 9 rings (SSSR count). The van der Waals surface area contributed by atoms with Crippen molar-refractivity contribution >= 4 is 60.8 Å². The van der Waals surface area contributed by atoms with Crippen molar-refractivity contribution in [2.45, 2.75) is 6.92 Å². The van der Waals surface area contributed by atoms with Gasteiger partial charge in [0.25, 0.3) is 0 Å². The molecule has 0 spiro atoms. The predicted octanol–water partition coefficient (Wildman–Crippen LogP) is 12.1. The third-order valence-corrected chi connectivity index (χ3v) is 9.06. The van der Waals surface area contributed by atoms with Gasteiger partial charge in [-0.05, 0) is 84.8 Å². The average molecular weight is 591 g/mol. The second-order valence-corrected chi connectivity index (χ2v) is 11.9. The Kier molecular flexibility index (Phi) is 6.04. The van der Waals surface area contributed by atoms with Gasteiger partial charge in [-0.25, -0.2) is 0 Å². The molecule has 218 valence electrons. The molecule has 3 nitrogen and oxygen atoms in total. The predicted molar refractivity (Wildman–Crippen MR) is 193 cm³/mol. The maximum absolute atomic E-state index is 6.18. The molecule has 0 radical (unpaired) electrons. The molecule has 0 aliphatic rings. The molecule has 0 bridgehead atoms. The molecule has 0 aliphatic carbocycles. The van der Waals surface area contributed by atoms with Gasteiger partial charge in [-0.3, -0.25) is 0 Å². The largest absolute Gasteiger partial charge is 0.456 e. The Morgan fingerprint density at radius 3 is 1.85 bits per heavy atom. The van der Waals surface area contributed by atoms with Crippen molar-refractivity contribution in [3.05, 3.63) is 169 Å². The van der Waals surface area contributed by atoms with Crippen LogP contribution in [-0.4, -0.2) is 4.57 Å². The smallest absolute Gasteiger partial charge is 0.135 e. The van der Waals surface area contributed by atoms with E-state index < -0.39 is 0 Å². The van der Waals surface area contributed by atoms with E-state index in [9.17, 15) is 0 Å². The first-order chi connectivity index (χ1) is 22.7. The maximum Gasteiger partial charge on any atom is 0.135 e. The molecule has 0 amide bonds. The first-order valence-corrected chi connectivity index (χ1v) is 15.7. The van der Waals surface area contributed by atoms with Gasteiger partial charge in [0, 0.05) is 44.3 Å². The van der Waals surface area contributed by atoms with Crippen LogP contribution in [0.5, 0.6) is 0 Å².